The predicted octanol–water partition coefficient (Wildman–Crippen LogP) is 3.46. The van der Waals surface area contributed by atoms with E-state index in [4.69, 9.17) is 9.84 Å². The molecule has 1 aromatic carbocycles. The molecule has 6 nitrogen and oxygen atoms in total. The van der Waals surface area contributed by atoms with Gasteiger partial charge in [-0.25, -0.2) is 9.59 Å². The van der Waals surface area contributed by atoms with Gasteiger partial charge >= 0.3 is 12.1 Å². The topological polar surface area (TPSA) is 95.9 Å². The zero-order valence-electron chi connectivity index (χ0n) is 12.4. The molecule has 0 atom stereocenters. The summed E-state index contributed by atoms with van der Waals surface area (Å²) in [6, 6.07) is 3.73. The minimum absolute atomic E-state index is 0.236. The van der Waals surface area contributed by atoms with Crippen LogP contribution in [0.3, 0.4) is 0 Å². The highest BCUT2D eigenvalue weighted by atomic mass is 16.6. The first kappa shape index (κ1) is 17.8. The van der Waals surface area contributed by atoms with Crippen LogP contribution in [0.5, 0.6) is 5.75 Å². The summed E-state index contributed by atoms with van der Waals surface area (Å²) >= 11 is 0. The van der Waals surface area contributed by atoms with E-state index in [0.29, 0.717) is 0 Å². The maximum absolute atomic E-state index is 11.5. The quantitative estimate of drug-likeness (QED) is 0.722. The number of aromatic hydroxyl groups is 1. The monoisotopic (exact) mass is 283 g/mol. The molecule has 0 radical (unpaired) electrons. The van der Waals surface area contributed by atoms with E-state index in [1.807, 2.05) is 13.8 Å². The second kappa shape index (κ2) is 7.37. The van der Waals surface area contributed by atoms with E-state index in [0.717, 1.165) is 6.07 Å². The maximum Gasteiger partial charge on any atom is 0.412 e. The molecule has 0 aliphatic rings. The number of phenols is 1. The van der Waals surface area contributed by atoms with E-state index in [-0.39, 0.29) is 17.0 Å². The van der Waals surface area contributed by atoms with E-state index < -0.39 is 17.7 Å². The van der Waals surface area contributed by atoms with Crippen molar-refractivity contribution in [2.45, 2.75) is 40.2 Å². The molecule has 6 heteroatoms. The minimum atomic E-state index is -1.28. The fourth-order valence-corrected chi connectivity index (χ4v) is 1.21. The van der Waals surface area contributed by atoms with Crippen LogP contribution in [0.4, 0.5) is 10.5 Å². The van der Waals surface area contributed by atoms with Crippen molar-refractivity contribution in [2.75, 3.05) is 5.32 Å². The number of benzene rings is 1. The number of hydrogen-bond donors (Lipinski definition) is 3. The summed E-state index contributed by atoms with van der Waals surface area (Å²) in [6.07, 6.45) is -0.690. The lowest BCUT2D eigenvalue weighted by atomic mass is 10.2. The average Bonchev–Trinajstić information content (AvgIpc) is 2.31. The van der Waals surface area contributed by atoms with Crippen LogP contribution in [0.2, 0.25) is 0 Å². The van der Waals surface area contributed by atoms with Crippen LogP contribution in [0.25, 0.3) is 0 Å². The largest absolute Gasteiger partial charge is 0.507 e. The van der Waals surface area contributed by atoms with Gasteiger partial charge < -0.3 is 14.9 Å². The second-order valence-electron chi connectivity index (χ2n) is 4.66. The number of amides is 1. The summed E-state index contributed by atoms with van der Waals surface area (Å²) in [7, 11) is 0. The molecule has 1 aromatic rings. The van der Waals surface area contributed by atoms with Gasteiger partial charge in [-0.2, -0.15) is 0 Å². The van der Waals surface area contributed by atoms with Crippen LogP contribution in [0, 0.1) is 0 Å². The van der Waals surface area contributed by atoms with Gasteiger partial charge in [0.25, 0.3) is 0 Å². The Hall–Kier alpha value is -2.24. The van der Waals surface area contributed by atoms with Gasteiger partial charge in [-0.1, -0.05) is 13.8 Å². The Labute approximate surface area is 118 Å². The standard InChI is InChI=1S/C12H15NO5.C2H6/c1-12(2,3)18-11(17)13-7-4-5-9(14)8(6-7)10(15)16;1-2/h4-6,14H,1-3H3,(H,13,17)(H,15,16);1-2H3. The first-order valence-electron chi connectivity index (χ1n) is 6.25. The normalized spacial score (nSPS) is 10.1. The van der Waals surface area contributed by atoms with Crippen LogP contribution in [-0.2, 0) is 4.74 Å². The fourth-order valence-electron chi connectivity index (χ4n) is 1.21. The van der Waals surface area contributed by atoms with Gasteiger partial charge in [0.2, 0.25) is 0 Å². The number of carbonyl (C=O) groups excluding carboxylic acids is 1. The molecule has 0 aromatic heterocycles. The Morgan fingerprint density at radius 1 is 1.20 bits per heavy atom. The average molecular weight is 283 g/mol. The zero-order valence-corrected chi connectivity index (χ0v) is 12.4. The molecule has 0 fully saturated rings. The molecule has 0 saturated carbocycles. The summed E-state index contributed by atoms with van der Waals surface area (Å²) in [5.74, 6) is -1.64. The van der Waals surface area contributed by atoms with Crippen LogP contribution < -0.4 is 5.32 Å². The summed E-state index contributed by atoms with van der Waals surface area (Å²) in [4.78, 5) is 22.2. The van der Waals surface area contributed by atoms with E-state index in [1.54, 1.807) is 20.8 Å². The van der Waals surface area contributed by atoms with Gasteiger partial charge in [-0.3, -0.25) is 5.32 Å². The summed E-state index contributed by atoms with van der Waals surface area (Å²) < 4.78 is 5.01. The predicted molar refractivity (Wildman–Crippen MR) is 76.3 cm³/mol. The minimum Gasteiger partial charge on any atom is -0.507 e. The summed E-state index contributed by atoms with van der Waals surface area (Å²) in [5, 5.41) is 20.5. The number of carbonyl (C=O) groups is 2. The summed E-state index contributed by atoms with van der Waals surface area (Å²) in [5.41, 5.74) is -0.695. The molecule has 0 saturated heterocycles. The number of rotatable bonds is 2. The van der Waals surface area contributed by atoms with Gasteiger partial charge in [0.1, 0.15) is 16.9 Å². The third-order valence-electron chi connectivity index (χ3n) is 1.87. The Bertz CT molecular complexity index is 477. The highest BCUT2D eigenvalue weighted by molar-refractivity contribution is 5.94. The summed E-state index contributed by atoms with van der Waals surface area (Å²) in [6.45, 7) is 9.14. The Morgan fingerprint density at radius 2 is 1.75 bits per heavy atom. The molecule has 0 heterocycles. The lowest BCUT2D eigenvalue weighted by Crippen LogP contribution is -2.27. The Kier molecular flexibility index (Phi) is 6.55. The molecule has 1 amide bonds. The van der Waals surface area contributed by atoms with Gasteiger partial charge in [0, 0.05) is 5.69 Å². The lowest BCUT2D eigenvalue weighted by molar-refractivity contribution is 0.0632. The number of anilines is 1. The van der Waals surface area contributed by atoms with Crippen LogP contribution >= 0.6 is 0 Å². The van der Waals surface area contributed by atoms with Gasteiger partial charge in [-0.15, -0.1) is 0 Å². The smallest absolute Gasteiger partial charge is 0.412 e. The molecule has 0 spiro atoms. The van der Waals surface area contributed by atoms with Crippen molar-refractivity contribution < 1.29 is 24.5 Å². The third-order valence-corrected chi connectivity index (χ3v) is 1.87. The third kappa shape index (κ3) is 6.08. The van der Waals surface area contributed by atoms with Crippen molar-refractivity contribution in [2.24, 2.45) is 0 Å². The van der Waals surface area contributed by atoms with Gasteiger partial charge in [0.15, 0.2) is 0 Å². The van der Waals surface area contributed by atoms with Gasteiger partial charge in [-0.05, 0) is 39.0 Å². The molecule has 0 aliphatic heterocycles. The van der Waals surface area contributed by atoms with Crippen molar-refractivity contribution in [3.05, 3.63) is 23.8 Å². The molecule has 0 unspecified atom stereocenters. The number of aromatic carboxylic acids is 1. The first-order chi connectivity index (χ1) is 9.19. The van der Waals surface area contributed by atoms with Gasteiger partial charge in [0.05, 0.1) is 0 Å². The molecular weight excluding hydrogens is 262 g/mol. The van der Waals surface area contributed by atoms with Crippen LogP contribution in [0.1, 0.15) is 45.0 Å². The maximum atomic E-state index is 11.5. The Balaban J connectivity index is 0.00000172. The molecular formula is C14H21NO5. The Morgan fingerprint density at radius 3 is 2.20 bits per heavy atom. The molecule has 3 N–H and O–H groups in total. The molecule has 112 valence electrons. The van der Waals surface area contributed by atoms with E-state index in [2.05, 4.69) is 5.32 Å². The number of ether oxygens (including phenoxy) is 1. The van der Waals surface area contributed by atoms with Crippen molar-refractivity contribution in [1.29, 1.82) is 0 Å². The SMILES string of the molecule is CC.CC(C)(C)OC(=O)Nc1ccc(O)c(C(=O)O)c1. The molecule has 0 aliphatic carbocycles. The van der Waals surface area contributed by atoms with Crippen LogP contribution in [0.15, 0.2) is 18.2 Å². The van der Waals surface area contributed by atoms with Crippen LogP contribution in [-0.4, -0.2) is 27.9 Å². The molecule has 0 bridgehead atoms. The molecule has 1 rings (SSSR count). The number of carboxylic acid groups (broad SMARTS) is 1. The van der Waals surface area contributed by atoms with Crippen molar-refractivity contribution in [1.82, 2.24) is 0 Å². The first-order valence-corrected chi connectivity index (χ1v) is 6.25. The highest BCUT2D eigenvalue weighted by Gasteiger charge is 2.17. The lowest BCUT2D eigenvalue weighted by Gasteiger charge is -2.19. The fraction of sp³-hybridized carbons (Fsp3) is 0.429. The highest BCUT2D eigenvalue weighted by Crippen LogP contribution is 2.21. The number of hydrogen-bond acceptors (Lipinski definition) is 4. The molecule has 20 heavy (non-hydrogen) atoms. The van der Waals surface area contributed by atoms with Crippen molar-refractivity contribution >= 4 is 17.7 Å². The van der Waals surface area contributed by atoms with E-state index in [9.17, 15) is 14.7 Å². The van der Waals surface area contributed by atoms with E-state index in [1.165, 1.54) is 12.1 Å². The zero-order chi connectivity index (χ0) is 15.9. The second-order valence-corrected chi connectivity index (χ2v) is 4.66. The number of nitrogens with one attached hydrogen (secondary N) is 1. The van der Waals surface area contributed by atoms with Crippen molar-refractivity contribution in [3.8, 4) is 5.75 Å². The number of carboxylic acids is 1. The van der Waals surface area contributed by atoms with E-state index >= 15 is 0 Å². The van der Waals surface area contributed by atoms with Crippen molar-refractivity contribution in [3.63, 3.8) is 0 Å².